The van der Waals surface area contributed by atoms with Gasteiger partial charge in [0.1, 0.15) is 6.33 Å². The zero-order chi connectivity index (χ0) is 12.8. The van der Waals surface area contributed by atoms with Crippen LogP contribution in [0.5, 0.6) is 0 Å². The van der Waals surface area contributed by atoms with Crippen LogP contribution >= 0.6 is 0 Å². The summed E-state index contributed by atoms with van der Waals surface area (Å²) in [6, 6.07) is 4.82. The van der Waals surface area contributed by atoms with Gasteiger partial charge in [-0.15, -0.1) is 10.2 Å². The van der Waals surface area contributed by atoms with Crippen molar-refractivity contribution in [3.8, 4) is 0 Å². The average molecular weight is 256 g/mol. The van der Waals surface area contributed by atoms with Crippen LogP contribution in [0.3, 0.4) is 0 Å². The van der Waals surface area contributed by atoms with Crippen molar-refractivity contribution in [2.45, 2.75) is 37.8 Å². The highest BCUT2D eigenvalue weighted by Gasteiger charge is 2.36. The lowest BCUT2D eigenvalue weighted by atomic mass is 9.86. The molecule has 4 rings (SSSR count). The first-order chi connectivity index (χ1) is 9.29. The maximum atomic E-state index is 12.6. The topological polar surface area (TPSA) is 59.3 Å². The second kappa shape index (κ2) is 4.13. The van der Waals surface area contributed by atoms with E-state index in [0.29, 0.717) is 12.1 Å². The van der Waals surface area contributed by atoms with Crippen molar-refractivity contribution in [3.05, 3.63) is 30.2 Å². The van der Waals surface area contributed by atoms with E-state index in [1.807, 2.05) is 22.7 Å². The average Bonchev–Trinajstić information content (AvgIpc) is 3.03. The molecular formula is C14H16N4O. The maximum absolute atomic E-state index is 12.6. The van der Waals surface area contributed by atoms with Crippen LogP contribution < -0.4 is 5.32 Å². The van der Waals surface area contributed by atoms with Gasteiger partial charge in [-0.3, -0.25) is 9.20 Å². The van der Waals surface area contributed by atoms with Crippen LogP contribution in [0.1, 0.15) is 36.0 Å². The molecule has 4 heterocycles. The van der Waals surface area contributed by atoms with Crippen molar-refractivity contribution in [3.63, 3.8) is 0 Å². The van der Waals surface area contributed by atoms with Gasteiger partial charge in [0.25, 0.3) is 0 Å². The van der Waals surface area contributed by atoms with Crippen molar-refractivity contribution in [2.75, 3.05) is 0 Å². The number of fused-ring (bicyclic) bond motifs is 3. The normalized spacial score (nSPS) is 29.8. The predicted molar refractivity (Wildman–Crippen MR) is 70.0 cm³/mol. The molecule has 2 aromatic rings. The molecule has 0 aliphatic carbocycles. The third-order valence-corrected chi connectivity index (χ3v) is 4.42. The van der Waals surface area contributed by atoms with Gasteiger partial charge in [-0.2, -0.15) is 0 Å². The number of aromatic nitrogens is 3. The smallest absolute Gasteiger partial charge is 0.167 e. The molecule has 2 saturated heterocycles. The van der Waals surface area contributed by atoms with Crippen LogP contribution in [0, 0.1) is 5.92 Å². The van der Waals surface area contributed by atoms with Gasteiger partial charge in [0.05, 0.1) is 0 Å². The number of hydrogen-bond donors (Lipinski definition) is 1. The fourth-order valence-corrected chi connectivity index (χ4v) is 3.48. The number of hydrogen-bond acceptors (Lipinski definition) is 4. The van der Waals surface area contributed by atoms with Crippen molar-refractivity contribution in [1.29, 1.82) is 0 Å². The Kier molecular flexibility index (Phi) is 2.41. The van der Waals surface area contributed by atoms with E-state index in [1.165, 1.54) is 12.8 Å². The van der Waals surface area contributed by atoms with Gasteiger partial charge in [0.15, 0.2) is 11.4 Å². The number of ketones is 1. The first kappa shape index (κ1) is 11.1. The Morgan fingerprint density at radius 3 is 2.84 bits per heavy atom. The first-order valence-corrected chi connectivity index (χ1v) is 6.89. The van der Waals surface area contributed by atoms with Gasteiger partial charge in [-0.25, -0.2) is 0 Å². The van der Waals surface area contributed by atoms with Crippen molar-refractivity contribution in [2.24, 2.45) is 5.92 Å². The Balaban J connectivity index is 1.62. The second-order valence-electron chi connectivity index (χ2n) is 5.68. The van der Waals surface area contributed by atoms with E-state index >= 15 is 0 Å². The second-order valence-corrected chi connectivity index (χ2v) is 5.68. The van der Waals surface area contributed by atoms with Crippen molar-refractivity contribution >= 4 is 11.4 Å². The molecule has 2 fully saturated rings. The molecular weight excluding hydrogens is 240 g/mol. The molecule has 0 aromatic carbocycles. The van der Waals surface area contributed by atoms with Gasteiger partial charge < -0.3 is 5.32 Å². The highest BCUT2D eigenvalue weighted by molar-refractivity contribution is 5.98. The largest absolute Gasteiger partial charge is 0.311 e. The molecule has 2 aliphatic rings. The number of carbonyl (C=O) groups excluding carboxylic acids is 1. The summed E-state index contributed by atoms with van der Waals surface area (Å²) >= 11 is 0. The van der Waals surface area contributed by atoms with Crippen LogP contribution in [-0.2, 0) is 0 Å². The highest BCUT2D eigenvalue weighted by Crippen LogP contribution is 2.32. The molecule has 2 aromatic heterocycles. The van der Waals surface area contributed by atoms with E-state index in [0.717, 1.165) is 24.1 Å². The van der Waals surface area contributed by atoms with Gasteiger partial charge in [0, 0.05) is 29.8 Å². The number of Topliss-reactive ketones (excluding diaryl/α,β-unsaturated/α-hetero) is 1. The maximum Gasteiger partial charge on any atom is 0.167 e. The molecule has 0 amide bonds. The third kappa shape index (κ3) is 1.85. The molecule has 5 heteroatoms. The monoisotopic (exact) mass is 256 g/mol. The van der Waals surface area contributed by atoms with Gasteiger partial charge >= 0.3 is 0 Å². The molecule has 19 heavy (non-hydrogen) atoms. The lowest BCUT2D eigenvalue weighted by Crippen LogP contribution is -2.40. The minimum atomic E-state index is 0.174. The Labute approximate surface area is 111 Å². The summed E-state index contributed by atoms with van der Waals surface area (Å²) in [5, 5.41) is 11.4. The van der Waals surface area contributed by atoms with Crippen LogP contribution in [-0.4, -0.2) is 32.5 Å². The number of pyridine rings is 1. The molecule has 2 bridgehead atoms. The van der Waals surface area contributed by atoms with E-state index in [-0.39, 0.29) is 11.7 Å². The Hall–Kier alpha value is -1.75. The molecule has 0 saturated carbocycles. The predicted octanol–water partition coefficient (Wildman–Crippen LogP) is 1.44. The summed E-state index contributed by atoms with van der Waals surface area (Å²) in [6.07, 6.45) is 7.89. The SMILES string of the molecule is O=C(c1ccc2nncn2c1)C1CC2CCC(C1)N2. The lowest BCUT2D eigenvalue weighted by Gasteiger charge is -2.28. The lowest BCUT2D eigenvalue weighted by molar-refractivity contribution is 0.0875. The van der Waals surface area contributed by atoms with Gasteiger partial charge in [-0.05, 0) is 37.8 Å². The molecule has 0 spiro atoms. The van der Waals surface area contributed by atoms with Crippen LogP contribution in [0.4, 0.5) is 0 Å². The molecule has 98 valence electrons. The Bertz CT molecular complexity index is 623. The Morgan fingerprint density at radius 1 is 1.26 bits per heavy atom. The molecule has 2 atom stereocenters. The zero-order valence-electron chi connectivity index (χ0n) is 10.6. The van der Waals surface area contributed by atoms with Crippen LogP contribution in [0.2, 0.25) is 0 Å². The summed E-state index contributed by atoms with van der Waals surface area (Å²) in [5.41, 5.74) is 1.56. The third-order valence-electron chi connectivity index (χ3n) is 4.42. The molecule has 2 unspecified atom stereocenters. The van der Waals surface area contributed by atoms with E-state index in [4.69, 9.17) is 0 Å². The standard InChI is InChI=1S/C14H16N4O/c19-14(10-5-11-2-3-12(6-10)16-11)9-1-4-13-17-15-8-18(13)7-9/h1,4,7-8,10-12,16H,2-3,5-6H2. The summed E-state index contributed by atoms with van der Waals surface area (Å²) in [6.45, 7) is 0. The number of piperidine rings is 1. The highest BCUT2D eigenvalue weighted by atomic mass is 16.1. The minimum Gasteiger partial charge on any atom is -0.311 e. The molecule has 0 radical (unpaired) electrons. The number of carbonyl (C=O) groups is 1. The summed E-state index contributed by atoms with van der Waals surface area (Å²) in [7, 11) is 0. The summed E-state index contributed by atoms with van der Waals surface area (Å²) in [5.74, 6) is 0.446. The zero-order valence-corrected chi connectivity index (χ0v) is 10.6. The van der Waals surface area contributed by atoms with E-state index < -0.39 is 0 Å². The van der Waals surface area contributed by atoms with Crippen molar-refractivity contribution < 1.29 is 4.79 Å². The van der Waals surface area contributed by atoms with Crippen molar-refractivity contribution in [1.82, 2.24) is 19.9 Å². The first-order valence-electron chi connectivity index (χ1n) is 6.89. The van der Waals surface area contributed by atoms with Gasteiger partial charge in [-0.1, -0.05) is 0 Å². The van der Waals surface area contributed by atoms with Crippen LogP contribution in [0.15, 0.2) is 24.7 Å². The molecule has 2 aliphatic heterocycles. The quantitative estimate of drug-likeness (QED) is 0.826. The fraction of sp³-hybridized carbons (Fsp3) is 0.500. The minimum absolute atomic E-state index is 0.174. The number of nitrogens with zero attached hydrogens (tertiary/aromatic N) is 3. The van der Waals surface area contributed by atoms with E-state index in [1.54, 1.807) is 6.33 Å². The van der Waals surface area contributed by atoms with Gasteiger partial charge in [0.2, 0.25) is 0 Å². The Morgan fingerprint density at radius 2 is 2.05 bits per heavy atom. The summed E-state index contributed by atoms with van der Waals surface area (Å²) < 4.78 is 1.81. The fourth-order valence-electron chi connectivity index (χ4n) is 3.48. The summed E-state index contributed by atoms with van der Waals surface area (Å²) in [4.78, 5) is 12.6. The van der Waals surface area contributed by atoms with Crippen LogP contribution in [0.25, 0.3) is 5.65 Å². The molecule has 1 N–H and O–H groups in total. The number of rotatable bonds is 2. The van der Waals surface area contributed by atoms with E-state index in [9.17, 15) is 4.79 Å². The number of nitrogens with one attached hydrogen (secondary N) is 1. The molecule has 5 nitrogen and oxygen atoms in total. The van der Waals surface area contributed by atoms with E-state index in [2.05, 4.69) is 15.5 Å².